The Kier molecular flexibility index (Phi) is 19.9. The van der Waals surface area contributed by atoms with Gasteiger partial charge in [-0.3, -0.25) is 4.79 Å². The molecule has 270 valence electrons. The molecule has 13 heteroatoms. The lowest BCUT2D eigenvalue weighted by atomic mass is 9.81. The van der Waals surface area contributed by atoms with E-state index in [0.29, 0.717) is 73.5 Å². The molecule has 2 atom stereocenters. The highest BCUT2D eigenvalue weighted by molar-refractivity contribution is 8.23. The van der Waals surface area contributed by atoms with Gasteiger partial charge in [0.25, 0.3) is 0 Å². The number of hydrogen-bond acceptors (Lipinski definition) is 11. The van der Waals surface area contributed by atoms with Crippen LogP contribution >= 0.6 is 48.0 Å². The molecule has 0 heterocycles. The first-order chi connectivity index (χ1) is 22.6. The largest absolute Gasteiger partial charge is 0.465 e. The molecule has 0 aromatic carbocycles. The second-order valence-electron chi connectivity index (χ2n) is 13.9. The maximum Gasteiger partial charge on any atom is 0.308 e. The van der Waals surface area contributed by atoms with Crippen LogP contribution in [0.1, 0.15) is 77.0 Å². The fraction of sp³-hybridized carbons (Fsp3) is 0.853. The van der Waals surface area contributed by atoms with Gasteiger partial charge in [-0.1, -0.05) is 61.0 Å². The fourth-order valence-corrected chi connectivity index (χ4v) is 7.79. The zero-order chi connectivity index (χ0) is 34.0. The van der Waals surface area contributed by atoms with E-state index in [1.54, 1.807) is 11.8 Å². The average molecular weight is 735 g/mol. The SMILES string of the molecule is C=C(CSC(=S)N(C)C)OOCC1CCC(COC(=O)C2CCCC(COOCC3CCC(COCSC(=S)N(C)C)CC3)C2)CC1. The summed E-state index contributed by atoms with van der Waals surface area (Å²) in [6.45, 7) is 6.96. The molecule has 0 N–H and O–H groups in total. The molecular weight excluding hydrogens is 677 g/mol. The van der Waals surface area contributed by atoms with Crippen molar-refractivity contribution >= 4 is 62.6 Å². The summed E-state index contributed by atoms with van der Waals surface area (Å²) >= 11 is 13.6. The van der Waals surface area contributed by atoms with Crippen molar-refractivity contribution in [1.82, 2.24) is 9.80 Å². The quantitative estimate of drug-likeness (QED) is 0.0266. The Bertz CT molecular complexity index is 957. The first-order valence-electron chi connectivity index (χ1n) is 17.2. The van der Waals surface area contributed by atoms with E-state index in [4.69, 9.17) is 53.5 Å². The lowest BCUT2D eigenvalue weighted by Crippen LogP contribution is -2.29. The fourth-order valence-electron chi connectivity index (χ4n) is 6.34. The van der Waals surface area contributed by atoms with Crippen LogP contribution in [0.4, 0.5) is 0 Å². The zero-order valence-corrected chi connectivity index (χ0v) is 32.3. The van der Waals surface area contributed by atoms with Gasteiger partial charge in [-0.05, 0) is 100 Å². The molecule has 0 bridgehead atoms. The van der Waals surface area contributed by atoms with Gasteiger partial charge in [-0.2, -0.15) is 4.89 Å². The summed E-state index contributed by atoms with van der Waals surface area (Å²) in [7, 11) is 7.75. The molecule has 0 aliphatic heterocycles. The Hall–Kier alpha value is -0.670. The number of thioether (sulfide) groups is 2. The van der Waals surface area contributed by atoms with Crippen molar-refractivity contribution in [2.24, 2.45) is 35.5 Å². The lowest BCUT2D eigenvalue weighted by molar-refractivity contribution is -0.310. The van der Waals surface area contributed by atoms with Crippen LogP contribution in [0.2, 0.25) is 0 Å². The Labute approximate surface area is 302 Å². The number of thiocarbonyl (C=S) groups is 2. The van der Waals surface area contributed by atoms with Gasteiger partial charge < -0.3 is 24.2 Å². The highest BCUT2D eigenvalue weighted by Gasteiger charge is 2.30. The van der Waals surface area contributed by atoms with Crippen molar-refractivity contribution in [2.45, 2.75) is 77.0 Å². The van der Waals surface area contributed by atoms with Crippen LogP contribution < -0.4 is 0 Å². The number of esters is 1. The minimum absolute atomic E-state index is 0.0352. The van der Waals surface area contributed by atoms with Crippen molar-refractivity contribution in [1.29, 1.82) is 0 Å². The van der Waals surface area contributed by atoms with E-state index in [-0.39, 0.29) is 11.9 Å². The average Bonchev–Trinajstić information content (AvgIpc) is 3.07. The monoisotopic (exact) mass is 734 g/mol. The van der Waals surface area contributed by atoms with Crippen LogP contribution in [0.3, 0.4) is 0 Å². The molecule has 3 aliphatic rings. The van der Waals surface area contributed by atoms with Gasteiger partial charge in [0.05, 0.1) is 50.6 Å². The van der Waals surface area contributed by atoms with Gasteiger partial charge >= 0.3 is 5.97 Å². The van der Waals surface area contributed by atoms with Gasteiger partial charge in [0.15, 0.2) is 0 Å². The van der Waals surface area contributed by atoms with E-state index in [1.807, 2.05) is 38.0 Å². The molecule has 9 nitrogen and oxygen atoms in total. The normalized spacial score (nSPS) is 26.3. The van der Waals surface area contributed by atoms with Crippen LogP contribution in [-0.4, -0.2) is 97.3 Å². The summed E-state index contributed by atoms with van der Waals surface area (Å²) in [6.07, 6.45) is 12.6. The first-order valence-corrected chi connectivity index (χ1v) is 20.0. The molecule has 47 heavy (non-hydrogen) atoms. The Balaban J connectivity index is 1.18. The van der Waals surface area contributed by atoms with E-state index in [1.165, 1.54) is 11.8 Å². The number of nitrogens with zero attached hydrogens (tertiary/aromatic N) is 2. The summed E-state index contributed by atoms with van der Waals surface area (Å²) in [6, 6.07) is 0. The Morgan fingerprint density at radius 1 is 0.681 bits per heavy atom. The molecule has 3 rings (SSSR count). The van der Waals surface area contributed by atoms with Crippen LogP contribution in [0, 0.1) is 35.5 Å². The number of carbonyl (C=O) groups is 1. The molecule has 0 saturated heterocycles. The summed E-state index contributed by atoms with van der Waals surface area (Å²) in [5.74, 6) is 4.03. The van der Waals surface area contributed by atoms with Gasteiger partial charge in [-0.25, -0.2) is 9.78 Å². The predicted molar refractivity (Wildman–Crippen MR) is 199 cm³/mol. The Morgan fingerprint density at radius 2 is 1.19 bits per heavy atom. The molecule has 0 aromatic rings. The van der Waals surface area contributed by atoms with Crippen LogP contribution in [0.25, 0.3) is 0 Å². The van der Waals surface area contributed by atoms with Crippen molar-refractivity contribution in [3.05, 3.63) is 12.3 Å². The molecule has 3 fully saturated rings. The standard InChI is InChI=1S/C34H58N2O7S4/c1-25(23-46-33(44)35(2)3)43-42-21-29-15-11-27(12-16-29)19-39-32(37)31-8-6-7-30(17-31)22-41-40-20-28-13-9-26(10-14-28)18-38-24-47-34(45)36(4)5/h26-31H,1,6-24H2,2-5H3. The van der Waals surface area contributed by atoms with Crippen molar-refractivity contribution in [2.75, 3.05) is 72.9 Å². The second kappa shape index (κ2) is 22.9. The van der Waals surface area contributed by atoms with E-state index in [9.17, 15) is 4.79 Å². The van der Waals surface area contributed by atoms with Crippen molar-refractivity contribution in [3.63, 3.8) is 0 Å². The van der Waals surface area contributed by atoms with Gasteiger partial charge in [0.2, 0.25) is 0 Å². The van der Waals surface area contributed by atoms with Gasteiger partial charge in [-0.15, -0.1) is 0 Å². The summed E-state index contributed by atoms with van der Waals surface area (Å²) < 4.78 is 13.3. The molecule has 2 unspecified atom stereocenters. The van der Waals surface area contributed by atoms with Crippen LogP contribution in [0.15, 0.2) is 12.3 Å². The molecule has 0 radical (unpaired) electrons. The maximum atomic E-state index is 12.9. The molecular formula is C34H58N2O7S4. The highest BCUT2D eigenvalue weighted by atomic mass is 32.2. The molecule has 0 spiro atoms. The molecule has 0 aromatic heterocycles. The third kappa shape index (κ3) is 16.7. The minimum Gasteiger partial charge on any atom is -0.465 e. The van der Waals surface area contributed by atoms with Crippen molar-refractivity contribution < 1.29 is 33.8 Å². The van der Waals surface area contributed by atoms with E-state index in [0.717, 1.165) is 92.3 Å². The topological polar surface area (TPSA) is 78.9 Å². The van der Waals surface area contributed by atoms with E-state index < -0.39 is 0 Å². The second-order valence-corrected chi connectivity index (χ2v) is 17.0. The molecule has 0 amide bonds. The minimum atomic E-state index is -0.0423. The summed E-state index contributed by atoms with van der Waals surface area (Å²) in [5.41, 5.74) is 0. The number of hydrogen-bond donors (Lipinski definition) is 0. The predicted octanol–water partition coefficient (Wildman–Crippen LogP) is 7.49. The summed E-state index contributed by atoms with van der Waals surface area (Å²) in [5, 5.41) is 0. The van der Waals surface area contributed by atoms with Crippen molar-refractivity contribution in [3.8, 4) is 0 Å². The molecule has 3 aliphatic carbocycles. The van der Waals surface area contributed by atoms with Gasteiger partial charge in [0.1, 0.15) is 14.4 Å². The number of carbonyl (C=O) groups excluding carboxylic acids is 1. The third-order valence-electron chi connectivity index (χ3n) is 9.39. The zero-order valence-electron chi connectivity index (χ0n) is 29.0. The molecule has 3 saturated carbocycles. The number of rotatable bonds is 18. The first kappa shape index (κ1) is 40.8. The van der Waals surface area contributed by atoms with Crippen LogP contribution in [0.5, 0.6) is 0 Å². The van der Waals surface area contributed by atoms with E-state index in [2.05, 4.69) is 6.58 Å². The Morgan fingerprint density at radius 3 is 1.79 bits per heavy atom. The van der Waals surface area contributed by atoms with Crippen LogP contribution in [-0.2, 0) is 33.8 Å². The smallest absolute Gasteiger partial charge is 0.308 e. The van der Waals surface area contributed by atoms with E-state index >= 15 is 0 Å². The highest BCUT2D eigenvalue weighted by Crippen LogP contribution is 2.33. The summed E-state index contributed by atoms with van der Waals surface area (Å²) in [4.78, 5) is 38.9. The number of ether oxygens (including phenoxy) is 2. The lowest BCUT2D eigenvalue weighted by Gasteiger charge is -2.30. The van der Waals surface area contributed by atoms with Gasteiger partial charge in [0, 0.05) is 28.2 Å². The maximum absolute atomic E-state index is 12.9. The third-order valence-corrected chi connectivity index (χ3v) is 12.8.